The van der Waals surface area contributed by atoms with E-state index in [2.05, 4.69) is 176 Å². The predicted molar refractivity (Wildman–Crippen MR) is 224 cm³/mol. The second-order valence-corrected chi connectivity index (χ2v) is 18.7. The molecule has 0 aliphatic heterocycles. The molecule has 0 heterocycles. The molecule has 2 aliphatic rings. The van der Waals surface area contributed by atoms with Crippen LogP contribution in [0, 0.1) is 6.07 Å². The minimum Gasteiger partial charge on any atom is -1.00 e. The smallest absolute Gasteiger partial charge is 1.00 e. The van der Waals surface area contributed by atoms with Crippen LogP contribution in [-0.4, -0.2) is 23.1 Å². The normalized spacial score (nSPS) is 13.5. The van der Waals surface area contributed by atoms with Crippen molar-refractivity contribution in [2.45, 2.75) is 131 Å². The van der Waals surface area contributed by atoms with Crippen LogP contribution in [0.1, 0.15) is 141 Å². The number of allylic oxidation sites excluding steroid dienone is 2. The Kier molecular flexibility index (Phi) is 15.3. The monoisotopic (exact) mass is 774 g/mol. The summed E-state index contributed by atoms with van der Waals surface area (Å²) < 4.78 is 0. The quantitative estimate of drug-likeness (QED) is 0.133. The van der Waals surface area contributed by atoms with E-state index in [1.807, 2.05) is 12.1 Å². The van der Waals surface area contributed by atoms with E-state index in [9.17, 15) is 0 Å². The number of fused-ring (bicyclic) bond motifs is 2. The number of hydrogen-bond donors (Lipinski definition) is 0. The fourth-order valence-corrected chi connectivity index (χ4v) is 6.52. The topological polar surface area (TPSA) is 0 Å². The summed E-state index contributed by atoms with van der Waals surface area (Å²) in [4.78, 5) is 0. The minimum absolute atomic E-state index is 0. The molecule has 0 saturated heterocycles. The maximum Gasteiger partial charge on any atom is 2.00 e. The third-order valence-electron chi connectivity index (χ3n) is 9.56. The number of hydrogen-bond acceptors (Lipinski definition) is 0. The van der Waals surface area contributed by atoms with Gasteiger partial charge in [-0.3, -0.25) is 0 Å². The van der Waals surface area contributed by atoms with Crippen LogP contribution in [0.2, 0.25) is 5.02 Å². The van der Waals surface area contributed by atoms with Crippen LogP contribution in [-0.2, 0) is 34.5 Å². The number of halogens is 2. The molecule has 0 N–H and O–H groups in total. The van der Waals surface area contributed by atoms with Gasteiger partial charge in [-0.15, -0.1) is 0 Å². The Morgan fingerprint density at radius 2 is 0.922 bits per heavy atom. The van der Waals surface area contributed by atoms with Gasteiger partial charge in [0.25, 0.3) is 0 Å². The van der Waals surface area contributed by atoms with Gasteiger partial charge in [0.1, 0.15) is 0 Å². The Bertz CT molecular complexity index is 1800. The average molecular weight is 777 g/mol. The molecule has 6 rings (SSSR count). The summed E-state index contributed by atoms with van der Waals surface area (Å²) in [5.74, 6) is 0. The van der Waals surface area contributed by atoms with Crippen LogP contribution < -0.4 is 17.0 Å². The molecule has 0 atom stereocenters. The van der Waals surface area contributed by atoms with Gasteiger partial charge in [-0.1, -0.05) is 177 Å². The Morgan fingerprint density at radius 3 is 1.35 bits per heavy atom. The second-order valence-electron chi connectivity index (χ2n) is 18.3. The molecule has 0 bridgehead atoms. The van der Waals surface area contributed by atoms with Crippen molar-refractivity contribution in [3.05, 3.63) is 140 Å². The second kappa shape index (κ2) is 17.4. The number of rotatable bonds is 1. The Balaban J connectivity index is 0.000000284. The van der Waals surface area contributed by atoms with E-state index in [-0.39, 0.29) is 61.7 Å². The van der Waals surface area contributed by atoms with Gasteiger partial charge in [-0.25, -0.2) is 0 Å². The summed E-state index contributed by atoms with van der Waals surface area (Å²) in [7, 11) is 0. The van der Waals surface area contributed by atoms with Crippen LogP contribution in [0.4, 0.5) is 0 Å². The van der Waals surface area contributed by atoms with E-state index < -0.39 is 0 Å². The molecule has 0 unspecified atom stereocenters. The standard InChI is InChI=1S/C24H30.C14H21.C10H9Cl.BrH.Mg/c1-16-11-17-9-8-10-21(22(17)12-16)18-13-19(23(2,3)4)15-20(14-18)24(5,6)7;1-13(2,3)11-8-7-9-12(10-11)14(4,5)6;1-7-5-8-3-2-4-10(11)9(8)6-7;;/h8-10,12-15H,11H2,1-7H3;8-10H,1-6H3;2-4,6H,5H2,1H3;1H;/q;-1;;;+2/p-1. The third-order valence-corrected chi connectivity index (χ3v) is 9.89. The van der Waals surface area contributed by atoms with E-state index in [1.165, 1.54) is 66.8 Å². The maximum atomic E-state index is 5.99. The van der Waals surface area contributed by atoms with Crippen molar-refractivity contribution in [3.8, 4) is 11.1 Å². The molecule has 0 spiro atoms. The van der Waals surface area contributed by atoms with E-state index in [0.717, 1.165) is 17.9 Å². The fraction of sp³-hybridized carbons (Fsp3) is 0.417. The first-order chi connectivity index (χ1) is 22.5. The maximum absolute atomic E-state index is 5.99. The Hall–Kier alpha value is -2.10. The van der Waals surface area contributed by atoms with Crippen LogP contribution >= 0.6 is 11.6 Å². The molecular weight excluding hydrogens is 716 g/mol. The molecule has 0 saturated carbocycles. The predicted octanol–water partition coefficient (Wildman–Crippen LogP) is 10.9. The minimum atomic E-state index is 0. The van der Waals surface area contributed by atoms with E-state index in [4.69, 9.17) is 11.6 Å². The van der Waals surface area contributed by atoms with E-state index in [1.54, 1.807) is 0 Å². The van der Waals surface area contributed by atoms with E-state index in [0.29, 0.717) is 0 Å². The van der Waals surface area contributed by atoms with Crippen LogP contribution in [0.3, 0.4) is 0 Å². The molecule has 268 valence electrons. The molecule has 0 nitrogen and oxygen atoms in total. The van der Waals surface area contributed by atoms with Crippen molar-refractivity contribution in [2.75, 3.05) is 0 Å². The van der Waals surface area contributed by atoms with Crippen molar-refractivity contribution in [1.82, 2.24) is 0 Å². The summed E-state index contributed by atoms with van der Waals surface area (Å²) in [6, 6.07) is 29.8. The Morgan fingerprint density at radius 1 is 0.529 bits per heavy atom. The molecule has 2 aliphatic carbocycles. The first kappa shape index (κ1) is 45.1. The van der Waals surface area contributed by atoms with Gasteiger partial charge in [0.05, 0.1) is 0 Å². The van der Waals surface area contributed by atoms with Gasteiger partial charge in [-0.2, -0.15) is 35.4 Å². The summed E-state index contributed by atoms with van der Waals surface area (Å²) >= 11 is 5.99. The van der Waals surface area contributed by atoms with Gasteiger partial charge < -0.3 is 17.0 Å². The summed E-state index contributed by atoms with van der Waals surface area (Å²) in [6.07, 6.45) is 6.69. The van der Waals surface area contributed by atoms with Gasteiger partial charge >= 0.3 is 23.1 Å². The summed E-state index contributed by atoms with van der Waals surface area (Å²) in [5, 5.41) is 0.874. The van der Waals surface area contributed by atoms with Gasteiger partial charge in [0, 0.05) is 5.02 Å². The largest absolute Gasteiger partial charge is 2.00 e. The van der Waals surface area contributed by atoms with Crippen molar-refractivity contribution in [1.29, 1.82) is 0 Å². The van der Waals surface area contributed by atoms with Crippen molar-refractivity contribution in [3.63, 3.8) is 0 Å². The Labute approximate surface area is 343 Å². The molecule has 4 aromatic carbocycles. The zero-order valence-electron chi connectivity index (χ0n) is 34.0. The number of benzene rings is 4. The van der Waals surface area contributed by atoms with Gasteiger partial charge in [0.2, 0.25) is 0 Å². The molecule has 3 heteroatoms. The van der Waals surface area contributed by atoms with Crippen molar-refractivity contribution >= 4 is 46.8 Å². The van der Waals surface area contributed by atoms with Gasteiger partial charge in [-0.05, 0) is 88.1 Å². The molecule has 0 aromatic heterocycles. The van der Waals surface area contributed by atoms with Crippen LogP contribution in [0.25, 0.3) is 23.3 Å². The average Bonchev–Trinajstić information content (AvgIpc) is 3.57. The molecule has 0 radical (unpaired) electrons. The van der Waals surface area contributed by atoms with Crippen LogP contribution in [0.15, 0.2) is 83.9 Å². The molecule has 4 aromatic rings. The van der Waals surface area contributed by atoms with E-state index >= 15 is 0 Å². The molecule has 51 heavy (non-hydrogen) atoms. The molecule has 0 amide bonds. The van der Waals surface area contributed by atoms with Gasteiger partial charge in [0.15, 0.2) is 0 Å². The molecular formula is C48H60BrClMg. The van der Waals surface area contributed by atoms with Crippen LogP contribution in [0.5, 0.6) is 0 Å². The zero-order chi connectivity index (χ0) is 36.5. The first-order valence-corrected chi connectivity index (χ1v) is 18.3. The summed E-state index contributed by atoms with van der Waals surface area (Å²) in [5.41, 5.74) is 17.3. The summed E-state index contributed by atoms with van der Waals surface area (Å²) in [6.45, 7) is 31.6. The first-order valence-electron chi connectivity index (χ1n) is 18.0. The molecule has 0 fully saturated rings. The zero-order valence-corrected chi connectivity index (χ0v) is 37.7. The SMILES string of the molecule is CC(C)(C)c1c[c-]cc(C(C)(C)C)c1.CC1=Cc2c(Cl)cccc2C1.CC1=Cc2c(cccc2-c2cc(C(C)(C)C)cc(C(C)(C)C)c2)C1.[Br-].[Mg+2]. The van der Waals surface area contributed by atoms with Crippen molar-refractivity contribution < 1.29 is 17.0 Å². The fourth-order valence-electron chi connectivity index (χ4n) is 6.27. The van der Waals surface area contributed by atoms with Crippen molar-refractivity contribution in [2.24, 2.45) is 0 Å². The third kappa shape index (κ3) is 11.9.